The van der Waals surface area contributed by atoms with E-state index in [2.05, 4.69) is 6.92 Å². The van der Waals surface area contributed by atoms with Crippen LogP contribution in [0.25, 0.3) is 16.6 Å². The molecule has 0 saturated carbocycles. The molecule has 4 aromatic rings. The van der Waals surface area contributed by atoms with Gasteiger partial charge in [-0.05, 0) is 48.9 Å². The summed E-state index contributed by atoms with van der Waals surface area (Å²) < 4.78 is 9.48. The zero-order valence-electron chi connectivity index (χ0n) is 20.3. The zero-order valence-corrected chi connectivity index (χ0v) is 21.1. The second kappa shape index (κ2) is 11.4. The molecule has 0 N–H and O–H groups in total. The quantitative estimate of drug-likeness (QED) is 0.124. The van der Waals surface area contributed by atoms with Gasteiger partial charge in [0.05, 0.1) is 23.1 Å². The van der Waals surface area contributed by atoms with E-state index in [1.807, 2.05) is 60.3 Å². The molecule has 0 aliphatic heterocycles. The minimum atomic E-state index is -0.248. The number of carbonyl (C=O) groups is 2. The Balaban J connectivity index is 1.63. The predicted molar refractivity (Wildman–Crippen MR) is 141 cm³/mol. The second-order valence-corrected chi connectivity index (χ2v) is 9.30. The molecule has 2 aromatic carbocycles. The highest BCUT2D eigenvalue weighted by atomic mass is 35.5. The van der Waals surface area contributed by atoms with E-state index in [1.165, 1.54) is 19.3 Å². The first-order chi connectivity index (χ1) is 17.0. The molecule has 0 bridgehead atoms. The van der Waals surface area contributed by atoms with Crippen molar-refractivity contribution in [2.24, 2.45) is 7.05 Å². The molecular formula is C29H31ClN2O3. The fourth-order valence-electron chi connectivity index (χ4n) is 4.38. The fourth-order valence-corrected chi connectivity index (χ4v) is 4.55. The molecule has 0 spiro atoms. The number of aromatic nitrogens is 2. The van der Waals surface area contributed by atoms with Gasteiger partial charge in [0.15, 0.2) is 5.75 Å². The first-order valence-electron chi connectivity index (χ1n) is 12.3. The van der Waals surface area contributed by atoms with Gasteiger partial charge in [0.2, 0.25) is 5.78 Å². The molecule has 182 valence electrons. The number of halogens is 1. The Morgan fingerprint density at radius 1 is 0.943 bits per heavy atom. The van der Waals surface area contributed by atoms with Crippen LogP contribution in [0, 0.1) is 0 Å². The first kappa shape index (κ1) is 24.8. The van der Waals surface area contributed by atoms with Gasteiger partial charge in [-0.25, -0.2) is 0 Å². The van der Waals surface area contributed by atoms with Crippen LogP contribution in [-0.4, -0.2) is 20.9 Å². The minimum Gasteiger partial charge on any atom is -0.424 e. The normalized spacial score (nSPS) is 11.2. The van der Waals surface area contributed by atoms with Gasteiger partial charge < -0.3 is 13.9 Å². The van der Waals surface area contributed by atoms with Gasteiger partial charge in [0.25, 0.3) is 0 Å². The Kier molecular flexibility index (Phi) is 8.09. The number of hydrogen-bond donors (Lipinski definition) is 0. The summed E-state index contributed by atoms with van der Waals surface area (Å²) >= 11 is 6.33. The molecule has 2 aromatic heterocycles. The Labute approximate surface area is 211 Å². The van der Waals surface area contributed by atoms with Crippen LogP contribution in [0.1, 0.15) is 67.9 Å². The van der Waals surface area contributed by atoms with Gasteiger partial charge in [-0.1, -0.05) is 62.8 Å². The van der Waals surface area contributed by atoms with Crippen LogP contribution in [0.2, 0.25) is 5.02 Å². The minimum absolute atomic E-state index is 0.0846. The Morgan fingerprint density at radius 3 is 2.49 bits per heavy atom. The molecule has 0 aliphatic rings. The summed E-state index contributed by atoms with van der Waals surface area (Å²) in [5, 5.41) is 1.33. The highest BCUT2D eigenvalue weighted by molar-refractivity contribution is 6.31. The van der Waals surface area contributed by atoms with Crippen molar-refractivity contribution in [3.05, 3.63) is 83.3 Å². The lowest BCUT2D eigenvalue weighted by Gasteiger charge is -2.12. The number of unbranched alkanes of at least 4 members (excludes halogenated alkanes) is 5. The number of aryl methyl sites for hydroxylation is 1. The van der Waals surface area contributed by atoms with Gasteiger partial charge in [-0.2, -0.15) is 0 Å². The molecule has 0 unspecified atom stereocenters. The topological polar surface area (TPSA) is 53.2 Å². The van der Waals surface area contributed by atoms with E-state index in [0.29, 0.717) is 34.1 Å². The number of para-hydroxylation sites is 1. The molecule has 2 heterocycles. The fraction of sp³-hybridized carbons (Fsp3) is 0.310. The van der Waals surface area contributed by atoms with Crippen molar-refractivity contribution < 1.29 is 14.3 Å². The number of fused-ring (bicyclic) bond motifs is 1. The van der Waals surface area contributed by atoms with E-state index < -0.39 is 0 Å². The number of hydrogen-bond acceptors (Lipinski definition) is 3. The second-order valence-electron chi connectivity index (χ2n) is 8.87. The molecule has 0 atom stereocenters. The summed E-state index contributed by atoms with van der Waals surface area (Å²) in [6, 6.07) is 16.5. The maximum atomic E-state index is 13.4. The molecule has 0 aliphatic carbocycles. The van der Waals surface area contributed by atoms with E-state index >= 15 is 0 Å². The third-order valence-corrected chi connectivity index (χ3v) is 6.51. The summed E-state index contributed by atoms with van der Waals surface area (Å²) in [6.45, 7) is 2.19. The monoisotopic (exact) mass is 490 g/mol. The zero-order chi connectivity index (χ0) is 24.8. The van der Waals surface area contributed by atoms with Crippen molar-refractivity contribution in [2.75, 3.05) is 0 Å². The van der Waals surface area contributed by atoms with Crippen LogP contribution in [0.3, 0.4) is 0 Å². The number of nitrogens with zero attached hydrogens (tertiary/aromatic N) is 2. The first-order valence-corrected chi connectivity index (χ1v) is 12.6. The van der Waals surface area contributed by atoms with Crippen LogP contribution < -0.4 is 4.74 Å². The summed E-state index contributed by atoms with van der Waals surface area (Å²) in [6.07, 6.45) is 10.7. The maximum Gasteiger partial charge on any atom is 0.311 e. The van der Waals surface area contributed by atoms with E-state index in [0.717, 1.165) is 30.2 Å². The van der Waals surface area contributed by atoms with E-state index in [9.17, 15) is 9.59 Å². The molecule has 35 heavy (non-hydrogen) atoms. The van der Waals surface area contributed by atoms with Crippen LogP contribution in [-0.2, 0) is 11.8 Å². The number of carbonyl (C=O) groups excluding carboxylic acids is 2. The largest absolute Gasteiger partial charge is 0.424 e. The average molecular weight is 491 g/mol. The summed E-state index contributed by atoms with van der Waals surface area (Å²) in [7, 11) is 1.85. The van der Waals surface area contributed by atoms with E-state index in [4.69, 9.17) is 16.3 Å². The van der Waals surface area contributed by atoms with E-state index in [-0.39, 0.29) is 11.8 Å². The van der Waals surface area contributed by atoms with Gasteiger partial charge in [0.1, 0.15) is 0 Å². The number of ketones is 1. The van der Waals surface area contributed by atoms with Crippen molar-refractivity contribution in [2.45, 2.75) is 51.9 Å². The van der Waals surface area contributed by atoms with Crippen LogP contribution in [0.4, 0.5) is 0 Å². The Hall–Kier alpha value is -3.31. The van der Waals surface area contributed by atoms with Crippen LogP contribution >= 0.6 is 11.6 Å². The van der Waals surface area contributed by atoms with Gasteiger partial charge in [0, 0.05) is 35.6 Å². The van der Waals surface area contributed by atoms with Crippen LogP contribution in [0.15, 0.2) is 67.0 Å². The van der Waals surface area contributed by atoms with E-state index in [1.54, 1.807) is 22.9 Å². The number of benzene rings is 2. The lowest BCUT2D eigenvalue weighted by molar-refractivity contribution is -0.134. The summed E-state index contributed by atoms with van der Waals surface area (Å²) in [5.74, 6) is 0.134. The molecule has 0 saturated heterocycles. The van der Waals surface area contributed by atoms with Crippen LogP contribution in [0.5, 0.6) is 5.75 Å². The molecule has 4 rings (SSSR count). The molecular weight excluding hydrogens is 460 g/mol. The summed E-state index contributed by atoms with van der Waals surface area (Å²) in [5.41, 5.74) is 2.62. The summed E-state index contributed by atoms with van der Waals surface area (Å²) in [4.78, 5) is 26.0. The number of ether oxygens (including phenoxy) is 1. The smallest absolute Gasteiger partial charge is 0.311 e. The molecule has 0 radical (unpaired) electrons. The van der Waals surface area contributed by atoms with Gasteiger partial charge >= 0.3 is 5.97 Å². The van der Waals surface area contributed by atoms with Gasteiger partial charge in [-0.15, -0.1) is 0 Å². The Bertz CT molecular complexity index is 1330. The standard InChI is InChI=1S/C29H31ClN2O3/c1-3-4-5-6-7-8-15-28(33)35-27-20-32(26-19-21(30)16-17-22(26)27)24-13-10-9-12-23(24)29(34)25-14-11-18-31(25)2/h9-14,16-20H,3-8,15H2,1-2H3. The lowest BCUT2D eigenvalue weighted by atomic mass is 10.1. The third-order valence-electron chi connectivity index (χ3n) is 6.27. The molecule has 6 heteroatoms. The molecule has 0 fully saturated rings. The van der Waals surface area contributed by atoms with Crippen molar-refractivity contribution in [1.29, 1.82) is 0 Å². The third kappa shape index (κ3) is 5.68. The average Bonchev–Trinajstić information content (AvgIpc) is 3.44. The predicted octanol–water partition coefficient (Wildman–Crippen LogP) is 7.51. The van der Waals surface area contributed by atoms with Crippen molar-refractivity contribution >= 4 is 34.3 Å². The number of esters is 1. The maximum absolute atomic E-state index is 13.4. The highest BCUT2D eigenvalue weighted by Gasteiger charge is 2.20. The number of rotatable bonds is 11. The lowest BCUT2D eigenvalue weighted by Crippen LogP contribution is -2.10. The Morgan fingerprint density at radius 2 is 1.71 bits per heavy atom. The molecule has 5 nitrogen and oxygen atoms in total. The SMILES string of the molecule is CCCCCCCCC(=O)Oc1cn(-c2ccccc2C(=O)c2cccn2C)c2cc(Cl)ccc12. The van der Waals surface area contributed by atoms with Crippen molar-refractivity contribution in [1.82, 2.24) is 9.13 Å². The van der Waals surface area contributed by atoms with Crippen molar-refractivity contribution in [3.8, 4) is 11.4 Å². The molecule has 0 amide bonds. The highest BCUT2D eigenvalue weighted by Crippen LogP contribution is 2.34. The van der Waals surface area contributed by atoms with Gasteiger partial charge in [-0.3, -0.25) is 9.59 Å². The van der Waals surface area contributed by atoms with Crippen molar-refractivity contribution in [3.63, 3.8) is 0 Å².